The Labute approximate surface area is 178 Å². The highest BCUT2D eigenvalue weighted by molar-refractivity contribution is 5.89. The molecule has 0 unspecified atom stereocenters. The number of benzene rings is 1. The molecule has 0 aliphatic rings. The molecular formula is C24H19N5O2. The number of pyridine rings is 1. The van der Waals surface area contributed by atoms with E-state index < -0.39 is 0 Å². The second kappa shape index (κ2) is 8.16. The molecule has 0 atom stereocenters. The van der Waals surface area contributed by atoms with Crippen molar-refractivity contribution in [3.8, 4) is 34.0 Å². The molecule has 7 heteroatoms. The number of nitrogens with two attached hydrogens (primary N) is 1. The van der Waals surface area contributed by atoms with Crippen molar-refractivity contribution in [3.63, 3.8) is 0 Å². The molecule has 1 aromatic carbocycles. The van der Waals surface area contributed by atoms with Gasteiger partial charge in [0, 0.05) is 18.3 Å². The first-order chi connectivity index (χ1) is 15.3. The fourth-order valence-electron chi connectivity index (χ4n) is 3.41. The molecule has 152 valence electrons. The number of hydrogen-bond donors (Lipinski definition) is 2. The summed E-state index contributed by atoms with van der Waals surface area (Å²) in [4.78, 5) is 13.4. The Morgan fingerprint density at radius 2 is 1.48 bits per heavy atom. The van der Waals surface area contributed by atoms with Crippen molar-refractivity contribution >= 4 is 11.8 Å². The molecule has 31 heavy (non-hydrogen) atoms. The van der Waals surface area contributed by atoms with Crippen LogP contribution in [0.1, 0.15) is 5.56 Å². The second-order valence-corrected chi connectivity index (χ2v) is 6.88. The molecule has 0 aliphatic carbocycles. The molecule has 5 rings (SSSR count). The van der Waals surface area contributed by atoms with Gasteiger partial charge in [-0.2, -0.15) is 0 Å². The molecule has 5 aromatic rings. The standard InChI is InChI=1S/C24H19N5O2/c25-24-28-22(18-8-4-12-30-18)21(23(29-24)19-9-5-13-31-19)17-10-11-26-20(14-17)27-15-16-6-2-1-3-7-16/h1-14H,15H2,(H,26,27)(H2,25,28,29). The Morgan fingerprint density at radius 3 is 2.10 bits per heavy atom. The minimum absolute atomic E-state index is 0.137. The molecule has 0 saturated heterocycles. The molecule has 0 aliphatic heterocycles. The maximum absolute atomic E-state index is 6.03. The Hall–Kier alpha value is -4.39. The fourth-order valence-corrected chi connectivity index (χ4v) is 3.41. The summed E-state index contributed by atoms with van der Waals surface area (Å²) in [7, 11) is 0. The van der Waals surface area contributed by atoms with Gasteiger partial charge in [0.2, 0.25) is 5.95 Å². The van der Waals surface area contributed by atoms with Crippen LogP contribution < -0.4 is 11.1 Å². The van der Waals surface area contributed by atoms with Crippen molar-refractivity contribution in [1.82, 2.24) is 15.0 Å². The van der Waals surface area contributed by atoms with Gasteiger partial charge in [-0.3, -0.25) is 0 Å². The number of nitrogen functional groups attached to an aromatic ring is 1. The van der Waals surface area contributed by atoms with Gasteiger partial charge in [-0.25, -0.2) is 15.0 Å². The van der Waals surface area contributed by atoms with Gasteiger partial charge >= 0.3 is 0 Å². The Kier molecular flexibility index (Phi) is 4.90. The number of nitrogens with zero attached hydrogens (tertiary/aromatic N) is 3. The van der Waals surface area contributed by atoms with E-state index in [2.05, 4.69) is 32.4 Å². The zero-order chi connectivity index (χ0) is 21.0. The predicted octanol–water partition coefficient (Wildman–Crippen LogP) is 5.25. The Morgan fingerprint density at radius 1 is 0.806 bits per heavy atom. The SMILES string of the molecule is Nc1nc(-c2ccco2)c(-c2ccnc(NCc3ccccc3)c2)c(-c2ccco2)n1. The molecule has 4 aromatic heterocycles. The zero-order valence-corrected chi connectivity index (χ0v) is 16.5. The van der Waals surface area contributed by atoms with Crippen LogP contribution in [0.3, 0.4) is 0 Å². The summed E-state index contributed by atoms with van der Waals surface area (Å²) in [6.45, 7) is 0.658. The first-order valence-electron chi connectivity index (χ1n) is 9.77. The van der Waals surface area contributed by atoms with Gasteiger partial charge in [-0.05, 0) is 47.5 Å². The van der Waals surface area contributed by atoms with Gasteiger partial charge in [0.1, 0.15) is 17.2 Å². The third kappa shape index (κ3) is 3.89. The zero-order valence-electron chi connectivity index (χ0n) is 16.5. The fraction of sp³-hybridized carbons (Fsp3) is 0.0417. The molecule has 0 saturated carbocycles. The summed E-state index contributed by atoms with van der Waals surface area (Å²) in [5.41, 5.74) is 9.99. The van der Waals surface area contributed by atoms with Crippen LogP contribution in [0.2, 0.25) is 0 Å². The van der Waals surface area contributed by atoms with Crippen LogP contribution in [0.5, 0.6) is 0 Å². The topological polar surface area (TPSA) is 103 Å². The maximum Gasteiger partial charge on any atom is 0.221 e. The van der Waals surface area contributed by atoms with E-state index in [-0.39, 0.29) is 5.95 Å². The van der Waals surface area contributed by atoms with Crippen molar-refractivity contribution in [3.05, 3.63) is 91.0 Å². The molecule has 0 amide bonds. The molecular weight excluding hydrogens is 390 g/mol. The molecule has 0 fully saturated rings. The summed E-state index contributed by atoms with van der Waals surface area (Å²) in [6, 6.07) is 21.3. The third-order valence-corrected chi connectivity index (χ3v) is 4.80. The highest BCUT2D eigenvalue weighted by atomic mass is 16.3. The number of anilines is 2. The first-order valence-corrected chi connectivity index (χ1v) is 9.77. The summed E-state index contributed by atoms with van der Waals surface area (Å²) in [5, 5.41) is 3.37. The van der Waals surface area contributed by atoms with Gasteiger partial charge in [-0.1, -0.05) is 30.3 Å². The van der Waals surface area contributed by atoms with E-state index in [1.165, 1.54) is 0 Å². The van der Waals surface area contributed by atoms with Gasteiger partial charge in [0.25, 0.3) is 0 Å². The number of hydrogen-bond acceptors (Lipinski definition) is 7. The lowest BCUT2D eigenvalue weighted by Crippen LogP contribution is -2.04. The average molecular weight is 409 g/mol. The minimum Gasteiger partial charge on any atom is -0.463 e. The monoisotopic (exact) mass is 409 g/mol. The van der Waals surface area contributed by atoms with Crippen LogP contribution in [-0.4, -0.2) is 15.0 Å². The van der Waals surface area contributed by atoms with Crippen molar-refractivity contribution in [2.75, 3.05) is 11.1 Å². The normalized spacial score (nSPS) is 10.8. The van der Waals surface area contributed by atoms with Crippen molar-refractivity contribution in [2.24, 2.45) is 0 Å². The van der Waals surface area contributed by atoms with E-state index in [1.807, 2.05) is 54.6 Å². The van der Waals surface area contributed by atoms with Gasteiger partial charge in [-0.15, -0.1) is 0 Å². The number of furan rings is 2. The lowest BCUT2D eigenvalue weighted by Gasteiger charge is -2.13. The van der Waals surface area contributed by atoms with Gasteiger partial charge in [0.15, 0.2) is 11.5 Å². The Balaban J connectivity index is 1.61. The third-order valence-electron chi connectivity index (χ3n) is 4.80. The summed E-state index contributed by atoms with van der Waals surface area (Å²) < 4.78 is 11.3. The van der Waals surface area contributed by atoms with Crippen molar-refractivity contribution in [1.29, 1.82) is 0 Å². The van der Waals surface area contributed by atoms with Crippen LogP contribution in [0, 0.1) is 0 Å². The molecule has 0 bridgehead atoms. The number of nitrogens with one attached hydrogen (secondary N) is 1. The lowest BCUT2D eigenvalue weighted by molar-refractivity contribution is 0.577. The molecule has 0 radical (unpaired) electrons. The van der Waals surface area contributed by atoms with Crippen molar-refractivity contribution in [2.45, 2.75) is 6.54 Å². The quantitative estimate of drug-likeness (QED) is 0.395. The van der Waals surface area contributed by atoms with E-state index in [4.69, 9.17) is 14.6 Å². The minimum atomic E-state index is 0.137. The summed E-state index contributed by atoms with van der Waals surface area (Å²) >= 11 is 0. The van der Waals surface area contributed by atoms with Gasteiger partial charge < -0.3 is 19.9 Å². The largest absolute Gasteiger partial charge is 0.463 e. The highest BCUT2D eigenvalue weighted by Crippen LogP contribution is 2.39. The van der Waals surface area contributed by atoms with E-state index in [0.29, 0.717) is 29.5 Å². The lowest BCUT2D eigenvalue weighted by atomic mass is 10.00. The summed E-state index contributed by atoms with van der Waals surface area (Å²) in [6.07, 6.45) is 4.95. The average Bonchev–Trinajstić information content (AvgIpc) is 3.52. The van der Waals surface area contributed by atoms with E-state index in [0.717, 1.165) is 22.5 Å². The first kappa shape index (κ1) is 18.6. The molecule has 0 spiro atoms. The Bertz CT molecular complexity index is 1230. The molecule has 7 nitrogen and oxygen atoms in total. The molecule has 3 N–H and O–H groups in total. The van der Waals surface area contributed by atoms with E-state index >= 15 is 0 Å². The van der Waals surface area contributed by atoms with Gasteiger partial charge in [0.05, 0.1) is 12.5 Å². The number of aromatic nitrogens is 3. The van der Waals surface area contributed by atoms with E-state index in [1.54, 1.807) is 18.7 Å². The van der Waals surface area contributed by atoms with Crippen LogP contribution in [0.25, 0.3) is 34.0 Å². The predicted molar refractivity (Wildman–Crippen MR) is 119 cm³/mol. The summed E-state index contributed by atoms with van der Waals surface area (Å²) in [5.74, 6) is 2.05. The molecule has 4 heterocycles. The number of rotatable bonds is 6. The smallest absolute Gasteiger partial charge is 0.221 e. The van der Waals surface area contributed by atoms with Crippen molar-refractivity contribution < 1.29 is 8.83 Å². The second-order valence-electron chi connectivity index (χ2n) is 6.88. The van der Waals surface area contributed by atoms with Crippen LogP contribution in [0.15, 0.2) is 94.3 Å². The van der Waals surface area contributed by atoms with Crippen LogP contribution >= 0.6 is 0 Å². The maximum atomic E-state index is 6.03. The highest BCUT2D eigenvalue weighted by Gasteiger charge is 2.21. The van der Waals surface area contributed by atoms with Crippen LogP contribution in [0.4, 0.5) is 11.8 Å². The van der Waals surface area contributed by atoms with E-state index in [9.17, 15) is 0 Å². The van der Waals surface area contributed by atoms with Crippen LogP contribution in [-0.2, 0) is 6.54 Å².